The zero-order valence-electron chi connectivity index (χ0n) is 14.8. The summed E-state index contributed by atoms with van der Waals surface area (Å²) in [7, 11) is 0. The van der Waals surface area contributed by atoms with Gasteiger partial charge in [-0.15, -0.1) is 23.5 Å². The van der Waals surface area contributed by atoms with E-state index >= 15 is 0 Å². The Balaban J connectivity index is 1.85. The normalized spacial score (nSPS) is 14.6. The third-order valence-corrected chi connectivity index (χ3v) is 6.53. The predicted molar refractivity (Wildman–Crippen MR) is 118 cm³/mol. The van der Waals surface area contributed by atoms with Gasteiger partial charge in [0, 0.05) is 0 Å². The Morgan fingerprint density at radius 1 is 0.704 bits per heavy atom. The van der Waals surface area contributed by atoms with Crippen LogP contribution >= 0.6 is 23.5 Å². The molecule has 0 amide bonds. The molecule has 1 aliphatic heterocycles. The number of hydrogen-bond donors (Lipinski definition) is 0. The summed E-state index contributed by atoms with van der Waals surface area (Å²) < 4.78 is 0.840. The molecular formula is C23H20O2S2. The molecule has 0 saturated carbocycles. The van der Waals surface area contributed by atoms with Gasteiger partial charge in [0.1, 0.15) is 0 Å². The summed E-state index contributed by atoms with van der Waals surface area (Å²) in [5.41, 5.74) is 2.15. The molecule has 0 aromatic heterocycles. The summed E-state index contributed by atoms with van der Waals surface area (Å²) in [6, 6.07) is 19.3. The van der Waals surface area contributed by atoms with Gasteiger partial charge >= 0.3 is 0 Å². The van der Waals surface area contributed by atoms with Crippen LogP contribution in [-0.4, -0.2) is 23.1 Å². The van der Waals surface area contributed by atoms with E-state index in [1.807, 2.05) is 60.7 Å². The fraction of sp³-hybridized carbons (Fsp3) is 0.130. The first kappa shape index (κ1) is 19.5. The van der Waals surface area contributed by atoms with Crippen molar-refractivity contribution in [3.05, 3.63) is 93.8 Å². The fourth-order valence-electron chi connectivity index (χ4n) is 2.54. The predicted octanol–water partition coefficient (Wildman–Crippen LogP) is 5.63. The van der Waals surface area contributed by atoms with Gasteiger partial charge in [-0.3, -0.25) is 9.59 Å². The van der Waals surface area contributed by atoms with Crippen LogP contribution in [0.2, 0.25) is 0 Å². The largest absolute Gasteiger partial charge is 0.289 e. The van der Waals surface area contributed by atoms with Crippen LogP contribution in [0.5, 0.6) is 0 Å². The molecule has 0 radical (unpaired) electrons. The maximum absolute atomic E-state index is 12.8. The molecule has 0 N–H and O–H groups in total. The molecule has 27 heavy (non-hydrogen) atoms. The van der Waals surface area contributed by atoms with Crippen molar-refractivity contribution in [2.24, 2.45) is 0 Å². The topological polar surface area (TPSA) is 34.1 Å². The van der Waals surface area contributed by atoms with E-state index in [0.29, 0.717) is 0 Å². The lowest BCUT2D eigenvalue weighted by Crippen LogP contribution is -2.12. The van der Waals surface area contributed by atoms with E-state index in [2.05, 4.69) is 0 Å². The SMILES string of the molecule is O=C(/C=C/c1ccccc1)C(C(=O)/C=C/c1ccccc1)=C1SCCCS1. The number of ketones is 2. The second-order valence-electron chi connectivity index (χ2n) is 5.93. The van der Waals surface area contributed by atoms with Crippen molar-refractivity contribution in [2.45, 2.75) is 6.42 Å². The summed E-state index contributed by atoms with van der Waals surface area (Å²) >= 11 is 3.21. The number of carbonyl (C=O) groups is 2. The molecule has 0 unspecified atom stereocenters. The highest BCUT2D eigenvalue weighted by molar-refractivity contribution is 8.22. The van der Waals surface area contributed by atoms with Gasteiger partial charge in [-0.2, -0.15) is 0 Å². The maximum atomic E-state index is 12.8. The number of rotatable bonds is 6. The van der Waals surface area contributed by atoms with Crippen molar-refractivity contribution >= 4 is 47.2 Å². The van der Waals surface area contributed by atoms with E-state index in [4.69, 9.17) is 0 Å². The van der Waals surface area contributed by atoms with Crippen LogP contribution in [0.3, 0.4) is 0 Å². The standard InChI is InChI=1S/C23H20O2S2/c24-20(14-12-18-8-3-1-4-9-18)22(23-26-16-7-17-27-23)21(25)15-13-19-10-5-2-6-11-19/h1-6,8-15H,7,16-17H2/b14-12+,15-13+. The number of hydrogen-bond acceptors (Lipinski definition) is 4. The van der Waals surface area contributed by atoms with Gasteiger partial charge in [-0.05, 0) is 41.2 Å². The van der Waals surface area contributed by atoms with E-state index in [1.54, 1.807) is 35.7 Å². The smallest absolute Gasteiger partial charge is 0.191 e. The van der Waals surface area contributed by atoms with E-state index in [-0.39, 0.29) is 17.1 Å². The van der Waals surface area contributed by atoms with E-state index in [1.165, 1.54) is 12.2 Å². The van der Waals surface area contributed by atoms with Crippen LogP contribution in [0.4, 0.5) is 0 Å². The van der Waals surface area contributed by atoms with Gasteiger partial charge in [-0.1, -0.05) is 72.8 Å². The Hall–Kier alpha value is -2.30. The van der Waals surface area contributed by atoms with E-state index in [0.717, 1.165) is 33.3 Å². The van der Waals surface area contributed by atoms with E-state index in [9.17, 15) is 9.59 Å². The zero-order valence-corrected chi connectivity index (χ0v) is 16.5. The Morgan fingerprint density at radius 2 is 1.15 bits per heavy atom. The van der Waals surface area contributed by atoms with Crippen LogP contribution in [0.25, 0.3) is 12.2 Å². The number of benzene rings is 2. The number of carbonyl (C=O) groups excluding carboxylic acids is 2. The summed E-state index contributed by atoms with van der Waals surface area (Å²) in [5.74, 6) is 1.41. The van der Waals surface area contributed by atoms with Crippen LogP contribution in [0, 0.1) is 0 Å². The average Bonchev–Trinajstić information content (AvgIpc) is 2.73. The summed E-state index contributed by atoms with van der Waals surface area (Å²) in [6.45, 7) is 0. The van der Waals surface area contributed by atoms with Crippen molar-refractivity contribution in [1.82, 2.24) is 0 Å². The molecule has 0 spiro atoms. The molecule has 3 rings (SSSR count). The highest BCUT2D eigenvalue weighted by atomic mass is 32.2. The first-order valence-corrected chi connectivity index (χ1v) is 10.8. The molecule has 0 atom stereocenters. The van der Waals surface area contributed by atoms with Crippen molar-refractivity contribution in [2.75, 3.05) is 11.5 Å². The molecule has 1 saturated heterocycles. The van der Waals surface area contributed by atoms with Gasteiger partial charge in [0.25, 0.3) is 0 Å². The van der Waals surface area contributed by atoms with Crippen molar-refractivity contribution in [3.8, 4) is 0 Å². The van der Waals surface area contributed by atoms with Gasteiger partial charge in [0.15, 0.2) is 11.6 Å². The van der Waals surface area contributed by atoms with Gasteiger partial charge in [-0.25, -0.2) is 0 Å². The molecule has 0 bridgehead atoms. The summed E-state index contributed by atoms with van der Waals surface area (Å²) in [6.07, 6.45) is 7.61. The minimum absolute atomic E-state index is 0.238. The zero-order chi connectivity index (χ0) is 18.9. The lowest BCUT2D eigenvalue weighted by Gasteiger charge is -2.15. The molecule has 4 heteroatoms. The third kappa shape index (κ3) is 5.84. The molecule has 0 aliphatic carbocycles. The Labute approximate surface area is 168 Å². The van der Waals surface area contributed by atoms with Crippen molar-refractivity contribution in [3.63, 3.8) is 0 Å². The van der Waals surface area contributed by atoms with Crippen LogP contribution < -0.4 is 0 Å². The Morgan fingerprint density at radius 3 is 1.59 bits per heavy atom. The Bertz CT molecular complexity index is 810. The second kappa shape index (κ2) is 10.1. The summed E-state index contributed by atoms with van der Waals surface area (Å²) in [5, 5.41) is 0. The van der Waals surface area contributed by atoms with Crippen LogP contribution in [0.15, 0.2) is 82.6 Å². The fourth-order valence-corrected chi connectivity index (χ4v) is 5.19. The summed E-state index contributed by atoms with van der Waals surface area (Å²) in [4.78, 5) is 25.7. The molecular weight excluding hydrogens is 372 g/mol. The Kier molecular flexibility index (Phi) is 7.31. The van der Waals surface area contributed by atoms with Crippen LogP contribution in [0.1, 0.15) is 17.5 Å². The first-order valence-electron chi connectivity index (χ1n) is 8.79. The lowest BCUT2D eigenvalue weighted by atomic mass is 10.1. The first-order chi connectivity index (χ1) is 13.2. The molecule has 1 heterocycles. The van der Waals surface area contributed by atoms with Gasteiger partial charge < -0.3 is 0 Å². The number of allylic oxidation sites excluding steroid dienone is 3. The lowest BCUT2D eigenvalue weighted by molar-refractivity contribution is -0.116. The highest BCUT2D eigenvalue weighted by Gasteiger charge is 2.22. The van der Waals surface area contributed by atoms with Crippen molar-refractivity contribution < 1.29 is 9.59 Å². The van der Waals surface area contributed by atoms with Gasteiger partial charge in [0.2, 0.25) is 0 Å². The third-order valence-electron chi connectivity index (χ3n) is 3.91. The average molecular weight is 393 g/mol. The minimum atomic E-state index is -0.238. The quantitative estimate of drug-likeness (QED) is 0.362. The van der Waals surface area contributed by atoms with Crippen molar-refractivity contribution in [1.29, 1.82) is 0 Å². The second-order valence-corrected chi connectivity index (χ2v) is 8.40. The highest BCUT2D eigenvalue weighted by Crippen LogP contribution is 2.38. The molecule has 1 fully saturated rings. The minimum Gasteiger partial charge on any atom is -0.289 e. The van der Waals surface area contributed by atoms with E-state index < -0.39 is 0 Å². The monoisotopic (exact) mass is 392 g/mol. The molecule has 136 valence electrons. The number of thioether (sulfide) groups is 2. The molecule has 2 aromatic carbocycles. The van der Waals surface area contributed by atoms with Crippen LogP contribution in [-0.2, 0) is 9.59 Å². The molecule has 2 nitrogen and oxygen atoms in total. The molecule has 2 aromatic rings. The molecule has 1 aliphatic rings. The van der Waals surface area contributed by atoms with Gasteiger partial charge in [0.05, 0.1) is 9.81 Å². The maximum Gasteiger partial charge on any atom is 0.191 e.